The van der Waals surface area contributed by atoms with Crippen LogP contribution in [-0.4, -0.2) is 61.7 Å². The number of carbonyl (C=O) groups excluding carboxylic acids is 2. The molecule has 2 aromatic carbocycles. The number of hydrogen-bond acceptors (Lipinski definition) is 6. The van der Waals surface area contributed by atoms with Crippen LogP contribution in [0.4, 0.5) is 5.69 Å². The Morgan fingerprint density at radius 2 is 1.75 bits per heavy atom. The third-order valence-corrected chi connectivity index (χ3v) is 6.97. The van der Waals surface area contributed by atoms with Crippen LogP contribution in [0.15, 0.2) is 42.5 Å². The van der Waals surface area contributed by atoms with Crippen LogP contribution in [0.5, 0.6) is 11.5 Å². The van der Waals surface area contributed by atoms with Crippen molar-refractivity contribution in [3.05, 3.63) is 53.7 Å². The van der Waals surface area contributed by atoms with E-state index in [0.717, 1.165) is 32.4 Å². The van der Waals surface area contributed by atoms with Gasteiger partial charge >= 0.3 is 5.97 Å². The summed E-state index contributed by atoms with van der Waals surface area (Å²) in [4.78, 5) is 31.4. The Morgan fingerprint density at radius 1 is 1.08 bits per heavy atom. The number of carbonyl (C=O) groups is 2. The highest BCUT2D eigenvalue weighted by Crippen LogP contribution is 2.37. The Morgan fingerprint density at radius 3 is 2.39 bits per heavy atom. The first-order chi connectivity index (χ1) is 17.4. The highest BCUT2D eigenvalue weighted by molar-refractivity contribution is 6.12. The molecule has 36 heavy (non-hydrogen) atoms. The zero-order chi connectivity index (χ0) is 25.7. The second-order valence-corrected chi connectivity index (χ2v) is 9.18. The van der Waals surface area contributed by atoms with Gasteiger partial charge in [0.05, 0.1) is 38.1 Å². The number of hydrogen-bond donors (Lipinski definition) is 2. The molecule has 192 valence electrons. The van der Waals surface area contributed by atoms with Crippen molar-refractivity contribution >= 4 is 28.5 Å². The van der Waals surface area contributed by atoms with E-state index in [-0.39, 0.29) is 24.2 Å². The molecule has 4 rings (SSSR count). The first-order valence-electron chi connectivity index (χ1n) is 12.5. The van der Waals surface area contributed by atoms with E-state index >= 15 is 0 Å². The topological polar surface area (TPSA) is 92.9 Å². The number of H-pyrrole nitrogens is 1. The van der Waals surface area contributed by atoms with E-state index in [0.29, 0.717) is 34.0 Å². The number of anilines is 1. The summed E-state index contributed by atoms with van der Waals surface area (Å²) < 4.78 is 16.1. The van der Waals surface area contributed by atoms with E-state index in [1.54, 1.807) is 33.3 Å². The highest BCUT2D eigenvalue weighted by Gasteiger charge is 2.29. The van der Waals surface area contributed by atoms with Gasteiger partial charge in [0.25, 0.3) is 0 Å². The summed E-state index contributed by atoms with van der Waals surface area (Å²) in [6.07, 6.45) is 3.16. The van der Waals surface area contributed by atoms with Crippen LogP contribution in [-0.2, 0) is 16.0 Å². The number of aromatic amines is 1. The van der Waals surface area contributed by atoms with Crippen molar-refractivity contribution in [2.75, 3.05) is 39.2 Å². The van der Waals surface area contributed by atoms with Gasteiger partial charge in [-0.25, -0.2) is 4.79 Å². The van der Waals surface area contributed by atoms with Crippen molar-refractivity contribution in [2.45, 2.75) is 39.2 Å². The van der Waals surface area contributed by atoms with Crippen molar-refractivity contribution in [2.24, 2.45) is 5.92 Å². The molecule has 0 radical (unpaired) electrons. The average Bonchev–Trinajstić information content (AvgIpc) is 3.25. The van der Waals surface area contributed by atoms with Crippen LogP contribution < -0.4 is 14.8 Å². The third kappa shape index (κ3) is 5.49. The number of nitrogens with one attached hydrogen (secondary N) is 2. The Balaban J connectivity index is 1.50. The Hall–Kier alpha value is -3.52. The van der Waals surface area contributed by atoms with Crippen LogP contribution in [0.1, 0.15) is 42.7 Å². The molecule has 2 heterocycles. The predicted octanol–water partition coefficient (Wildman–Crippen LogP) is 4.64. The van der Waals surface area contributed by atoms with Crippen LogP contribution in [0, 0.1) is 5.92 Å². The summed E-state index contributed by atoms with van der Waals surface area (Å²) in [5.41, 5.74) is 2.59. The van der Waals surface area contributed by atoms with Gasteiger partial charge in [0.2, 0.25) is 5.91 Å². The minimum Gasteiger partial charge on any atom is -0.493 e. The lowest BCUT2D eigenvalue weighted by molar-refractivity contribution is -0.121. The van der Waals surface area contributed by atoms with E-state index in [4.69, 9.17) is 14.2 Å². The summed E-state index contributed by atoms with van der Waals surface area (Å²) in [7, 11) is 3.09. The minimum atomic E-state index is -0.531. The molecule has 1 amide bonds. The van der Waals surface area contributed by atoms with Crippen LogP contribution in [0.25, 0.3) is 10.9 Å². The fourth-order valence-corrected chi connectivity index (χ4v) is 4.89. The summed E-state index contributed by atoms with van der Waals surface area (Å²) in [5, 5.41) is 3.65. The number of fused-ring (bicyclic) bond motifs is 1. The number of likely N-dealkylation sites (tertiary alicyclic amines) is 1. The molecule has 8 heteroatoms. The minimum absolute atomic E-state index is 0.169. The molecule has 1 aromatic heterocycles. The van der Waals surface area contributed by atoms with Crippen LogP contribution in [0.2, 0.25) is 0 Å². The Labute approximate surface area is 211 Å². The van der Waals surface area contributed by atoms with E-state index in [1.807, 2.05) is 13.0 Å². The molecular weight excluding hydrogens is 458 g/mol. The van der Waals surface area contributed by atoms with E-state index in [2.05, 4.69) is 39.5 Å². The second kappa shape index (κ2) is 11.5. The number of esters is 1. The van der Waals surface area contributed by atoms with Crippen molar-refractivity contribution < 1.29 is 23.8 Å². The molecule has 0 unspecified atom stereocenters. The molecule has 1 saturated heterocycles. The van der Waals surface area contributed by atoms with Gasteiger partial charge in [-0.15, -0.1) is 0 Å². The average molecular weight is 494 g/mol. The molecule has 0 bridgehead atoms. The number of methoxy groups -OCH3 is 2. The third-order valence-electron chi connectivity index (χ3n) is 6.97. The molecule has 2 N–H and O–H groups in total. The summed E-state index contributed by atoms with van der Waals surface area (Å²) in [6, 6.07) is 13.7. The molecule has 3 aromatic rings. The van der Waals surface area contributed by atoms with Gasteiger partial charge < -0.3 is 24.5 Å². The van der Waals surface area contributed by atoms with Gasteiger partial charge in [0, 0.05) is 11.5 Å². The number of rotatable bonds is 9. The lowest BCUT2D eigenvalue weighted by atomic mass is 9.89. The van der Waals surface area contributed by atoms with Crippen molar-refractivity contribution in [1.29, 1.82) is 0 Å². The normalized spacial score (nSPS) is 15.4. The van der Waals surface area contributed by atoms with Gasteiger partial charge in [-0.3, -0.25) is 9.69 Å². The maximum absolute atomic E-state index is 13.4. The fourth-order valence-electron chi connectivity index (χ4n) is 4.89. The number of aromatic nitrogens is 1. The maximum atomic E-state index is 13.4. The maximum Gasteiger partial charge on any atom is 0.356 e. The SMILES string of the molecule is CCOC(=O)c1[nH]c2cc(OC)c(OC)cc2c1NC(=O)[C@@H](C)N1CCC(Cc2ccccc2)CC1. The van der Waals surface area contributed by atoms with E-state index in [1.165, 1.54) is 5.56 Å². The van der Waals surface area contributed by atoms with Gasteiger partial charge in [-0.1, -0.05) is 30.3 Å². The van der Waals surface area contributed by atoms with Crippen LogP contribution >= 0.6 is 0 Å². The largest absolute Gasteiger partial charge is 0.493 e. The number of nitrogens with zero attached hydrogens (tertiary/aromatic N) is 1. The van der Waals surface area contributed by atoms with Gasteiger partial charge in [-0.2, -0.15) is 0 Å². The Bertz CT molecular complexity index is 1200. The number of benzene rings is 2. The zero-order valence-corrected chi connectivity index (χ0v) is 21.4. The van der Waals surface area contributed by atoms with Crippen molar-refractivity contribution in [3.63, 3.8) is 0 Å². The Kier molecular flexibility index (Phi) is 8.15. The quantitative estimate of drug-likeness (QED) is 0.422. The zero-order valence-electron chi connectivity index (χ0n) is 21.4. The molecule has 1 aliphatic heterocycles. The van der Waals surface area contributed by atoms with Gasteiger partial charge in [0.15, 0.2) is 11.5 Å². The molecule has 0 aliphatic carbocycles. The molecule has 0 saturated carbocycles. The first-order valence-corrected chi connectivity index (χ1v) is 12.5. The number of ether oxygens (including phenoxy) is 3. The smallest absolute Gasteiger partial charge is 0.356 e. The van der Waals surface area contributed by atoms with Gasteiger partial charge in [0.1, 0.15) is 5.69 Å². The summed E-state index contributed by atoms with van der Waals surface area (Å²) in [5.74, 6) is 0.939. The standard InChI is InChI=1S/C28H35N3O5/c1-5-36-28(33)26-25(21-16-23(34-3)24(35-4)17-22(21)29-26)30-27(32)18(2)31-13-11-20(12-14-31)15-19-9-7-6-8-10-19/h6-10,16-18,20,29H,5,11-15H2,1-4H3,(H,30,32)/t18-/m1/s1. The molecule has 0 spiro atoms. The van der Waals surface area contributed by atoms with Gasteiger partial charge in [-0.05, 0) is 63.7 Å². The fraction of sp³-hybridized carbons (Fsp3) is 0.429. The monoisotopic (exact) mass is 493 g/mol. The number of amides is 1. The summed E-state index contributed by atoms with van der Waals surface area (Å²) in [6.45, 7) is 5.59. The van der Waals surface area contributed by atoms with Crippen LogP contribution in [0.3, 0.4) is 0 Å². The van der Waals surface area contributed by atoms with Crippen molar-refractivity contribution in [3.8, 4) is 11.5 Å². The molecular formula is C28H35N3O5. The second-order valence-electron chi connectivity index (χ2n) is 9.18. The molecule has 1 aliphatic rings. The molecule has 1 fully saturated rings. The van der Waals surface area contributed by atoms with E-state index in [9.17, 15) is 9.59 Å². The number of piperidine rings is 1. The lowest BCUT2D eigenvalue weighted by Gasteiger charge is -2.35. The first kappa shape index (κ1) is 25.6. The predicted molar refractivity (Wildman–Crippen MR) is 140 cm³/mol. The van der Waals surface area contributed by atoms with Crippen molar-refractivity contribution in [1.82, 2.24) is 9.88 Å². The summed E-state index contributed by atoms with van der Waals surface area (Å²) >= 11 is 0. The van der Waals surface area contributed by atoms with E-state index < -0.39 is 5.97 Å². The highest BCUT2D eigenvalue weighted by atomic mass is 16.5. The molecule has 1 atom stereocenters. The lowest BCUT2D eigenvalue weighted by Crippen LogP contribution is -2.46. The molecule has 8 nitrogen and oxygen atoms in total.